The van der Waals surface area contributed by atoms with Crippen molar-refractivity contribution in [3.8, 4) is 0 Å². The number of amides is 1. The molecule has 5 nitrogen and oxygen atoms in total. The van der Waals surface area contributed by atoms with Crippen LogP contribution in [0.15, 0.2) is 22.8 Å². The maximum absolute atomic E-state index is 12.6. The molecule has 2 aliphatic rings. The maximum atomic E-state index is 12.6. The highest BCUT2D eigenvalue weighted by Gasteiger charge is 2.42. The molecular weight excluding hydrogens is 306 g/mol. The van der Waals surface area contributed by atoms with Crippen molar-refractivity contribution in [2.75, 3.05) is 13.1 Å². The topological polar surface area (TPSA) is 70.8 Å². The number of likely N-dealkylation sites (tertiary alicyclic amines) is 1. The number of nitrogens with zero attached hydrogens (tertiary/aromatic N) is 1. The fourth-order valence-electron chi connectivity index (χ4n) is 3.91. The van der Waals surface area contributed by atoms with Crippen LogP contribution in [0.5, 0.6) is 0 Å². The molecule has 0 bridgehead atoms. The van der Waals surface area contributed by atoms with Crippen LogP contribution >= 0.6 is 0 Å². The van der Waals surface area contributed by atoms with Crippen molar-refractivity contribution in [2.45, 2.75) is 39.0 Å². The molecule has 126 valence electrons. The second-order valence-corrected chi connectivity index (χ2v) is 7.34. The lowest BCUT2D eigenvalue weighted by Crippen LogP contribution is -2.35. The van der Waals surface area contributed by atoms with E-state index in [2.05, 4.69) is 12.1 Å². The molecule has 5 heteroatoms. The van der Waals surface area contributed by atoms with E-state index in [-0.39, 0.29) is 18.9 Å². The molecule has 4 rings (SSSR count). The minimum Gasteiger partial charge on any atom is -0.481 e. The SMILES string of the molecule is CC1(C(=O)O)CCN(C(=O)Cc2coc3cc4c(cc23)CCC4)C1. The number of carboxylic acid groups (broad SMARTS) is 1. The fourth-order valence-corrected chi connectivity index (χ4v) is 3.91. The molecule has 1 unspecified atom stereocenters. The standard InChI is InChI=1S/C19H21NO4/c1-19(18(22)23)5-6-20(11-19)17(21)9-14-10-24-16-8-13-4-2-3-12(13)7-15(14)16/h7-8,10H,2-6,9,11H2,1H3,(H,22,23). The summed E-state index contributed by atoms with van der Waals surface area (Å²) in [7, 11) is 0. The zero-order valence-electron chi connectivity index (χ0n) is 13.8. The van der Waals surface area contributed by atoms with Gasteiger partial charge in [0.25, 0.3) is 0 Å². The molecule has 2 aromatic rings. The summed E-state index contributed by atoms with van der Waals surface area (Å²) in [5, 5.41) is 10.3. The lowest BCUT2D eigenvalue weighted by molar-refractivity contribution is -0.147. The van der Waals surface area contributed by atoms with Crippen LogP contribution in [0.3, 0.4) is 0 Å². The molecule has 1 aliphatic carbocycles. The fraction of sp³-hybridized carbons (Fsp3) is 0.474. The third kappa shape index (κ3) is 2.39. The lowest BCUT2D eigenvalue weighted by atomic mass is 9.90. The summed E-state index contributed by atoms with van der Waals surface area (Å²) in [6.07, 6.45) is 5.81. The van der Waals surface area contributed by atoms with E-state index in [1.807, 2.05) is 0 Å². The van der Waals surface area contributed by atoms with Crippen molar-refractivity contribution in [3.63, 3.8) is 0 Å². The highest BCUT2D eigenvalue weighted by Crippen LogP contribution is 2.33. The minimum absolute atomic E-state index is 0.0248. The Balaban J connectivity index is 1.55. The number of carboxylic acids is 1. The van der Waals surface area contributed by atoms with E-state index in [0.717, 1.165) is 29.4 Å². The second kappa shape index (κ2) is 5.36. The predicted molar refractivity (Wildman–Crippen MR) is 88.9 cm³/mol. The smallest absolute Gasteiger partial charge is 0.311 e. The van der Waals surface area contributed by atoms with Crippen LogP contribution < -0.4 is 0 Å². The molecule has 1 amide bonds. The molecule has 1 aliphatic heterocycles. The average molecular weight is 327 g/mol. The van der Waals surface area contributed by atoms with Gasteiger partial charge in [-0.05, 0) is 55.9 Å². The summed E-state index contributed by atoms with van der Waals surface area (Å²) in [4.78, 5) is 25.6. The zero-order chi connectivity index (χ0) is 16.9. The summed E-state index contributed by atoms with van der Waals surface area (Å²) in [6.45, 7) is 2.50. The molecule has 1 aromatic heterocycles. The molecule has 0 spiro atoms. The molecule has 1 N–H and O–H groups in total. The molecular formula is C19H21NO4. The van der Waals surface area contributed by atoms with Crippen molar-refractivity contribution in [3.05, 3.63) is 35.1 Å². The van der Waals surface area contributed by atoms with Crippen LogP contribution in [0.2, 0.25) is 0 Å². The van der Waals surface area contributed by atoms with Gasteiger partial charge in [0.1, 0.15) is 5.58 Å². The lowest BCUT2D eigenvalue weighted by Gasteiger charge is -2.20. The maximum Gasteiger partial charge on any atom is 0.311 e. The van der Waals surface area contributed by atoms with E-state index < -0.39 is 11.4 Å². The van der Waals surface area contributed by atoms with Gasteiger partial charge in [-0.2, -0.15) is 0 Å². The summed E-state index contributed by atoms with van der Waals surface area (Å²) in [6, 6.07) is 4.26. The number of furan rings is 1. The molecule has 1 saturated heterocycles. The third-order valence-corrected chi connectivity index (χ3v) is 5.55. The normalized spacial score (nSPS) is 23.0. The van der Waals surface area contributed by atoms with Gasteiger partial charge in [-0.25, -0.2) is 0 Å². The first-order valence-electron chi connectivity index (χ1n) is 8.49. The Bertz CT molecular complexity index is 837. The molecule has 1 fully saturated rings. The van der Waals surface area contributed by atoms with Crippen LogP contribution in [0, 0.1) is 5.41 Å². The van der Waals surface area contributed by atoms with Crippen molar-refractivity contribution in [2.24, 2.45) is 5.41 Å². The van der Waals surface area contributed by atoms with E-state index in [0.29, 0.717) is 13.0 Å². The molecule has 1 aromatic carbocycles. The monoisotopic (exact) mass is 327 g/mol. The van der Waals surface area contributed by atoms with Crippen LogP contribution in [0.1, 0.15) is 36.5 Å². The zero-order valence-corrected chi connectivity index (χ0v) is 13.8. The van der Waals surface area contributed by atoms with Crippen LogP contribution in [0.25, 0.3) is 11.0 Å². The quantitative estimate of drug-likeness (QED) is 0.941. The van der Waals surface area contributed by atoms with Crippen molar-refractivity contribution in [1.82, 2.24) is 4.90 Å². The summed E-state index contributed by atoms with van der Waals surface area (Å²) >= 11 is 0. The number of hydrogen-bond donors (Lipinski definition) is 1. The summed E-state index contributed by atoms with van der Waals surface area (Å²) in [5.41, 5.74) is 3.63. The number of carbonyl (C=O) groups excluding carboxylic acids is 1. The number of hydrogen-bond acceptors (Lipinski definition) is 3. The van der Waals surface area contributed by atoms with Crippen LogP contribution in [0.4, 0.5) is 0 Å². The number of aryl methyl sites for hydroxylation is 2. The number of benzene rings is 1. The van der Waals surface area contributed by atoms with Crippen LogP contribution in [-0.4, -0.2) is 35.0 Å². The van der Waals surface area contributed by atoms with E-state index >= 15 is 0 Å². The first-order chi connectivity index (χ1) is 11.5. The largest absolute Gasteiger partial charge is 0.481 e. The third-order valence-electron chi connectivity index (χ3n) is 5.55. The van der Waals surface area contributed by atoms with E-state index in [1.54, 1.807) is 18.1 Å². The number of rotatable bonds is 3. The second-order valence-electron chi connectivity index (χ2n) is 7.34. The van der Waals surface area contributed by atoms with Gasteiger partial charge in [-0.15, -0.1) is 0 Å². The first-order valence-corrected chi connectivity index (χ1v) is 8.49. The van der Waals surface area contributed by atoms with Gasteiger partial charge >= 0.3 is 5.97 Å². The Morgan fingerprint density at radius 2 is 2.04 bits per heavy atom. The van der Waals surface area contributed by atoms with Crippen molar-refractivity contribution in [1.29, 1.82) is 0 Å². The van der Waals surface area contributed by atoms with Gasteiger partial charge < -0.3 is 14.4 Å². The van der Waals surface area contributed by atoms with Crippen molar-refractivity contribution < 1.29 is 19.1 Å². The average Bonchev–Trinajstić information content (AvgIpc) is 3.24. The summed E-state index contributed by atoms with van der Waals surface area (Å²) in [5.74, 6) is -0.856. The molecule has 2 heterocycles. The van der Waals surface area contributed by atoms with Crippen molar-refractivity contribution >= 4 is 22.8 Å². The van der Waals surface area contributed by atoms with Gasteiger partial charge in [-0.3, -0.25) is 9.59 Å². The number of aliphatic carboxylic acids is 1. The number of carbonyl (C=O) groups is 2. The Labute approximate surface area is 140 Å². The van der Waals surface area contributed by atoms with E-state index in [1.165, 1.54) is 17.5 Å². The van der Waals surface area contributed by atoms with Gasteiger partial charge in [0, 0.05) is 24.0 Å². The Hall–Kier alpha value is -2.30. The van der Waals surface area contributed by atoms with E-state index in [4.69, 9.17) is 4.42 Å². The van der Waals surface area contributed by atoms with Gasteiger partial charge in [0.05, 0.1) is 18.1 Å². The molecule has 24 heavy (non-hydrogen) atoms. The number of fused-ring (bicyclic) bond motifs is 2. The highest BCUT2D eigenvalue weighted by atomic mass is 16.4. The van der Waals surface area contributed by atoms with Gasteiger partial charge in [-0.1, -0.05) is 0 Å². The molecule has 0 radical (unpaired) electrons. The van der Waals surface area contributed by atoms with E-state index in [9.17, 15) is 14.7 Å². The van der Waals surface area contributed by atoms with Gasteiger partial charge in [0.2, 0.25) is 5.91 Å². The Kier molecular flexibility index (Phi) is 3.41. The summed E-state index contributed by atoms with van der Waals surface area (Å²) < 4.78 is 5.65. The highest BCUT2D eigenvalue weighted by molar-refractivity contribution is 5.89. The Morgan fingerprint density at radius 1 is 1.29 bits per heavy atom. The van der Waals surface area contributed by atoms with Crippen LogP contribution in [-0.2, 0) is 28.9 Å². The van der Waals surface area contributed by atoms with Gasteiger partial charge in [0.15, 0.2) is 0 Å². The minimum atomic E-state index is -0.831. The Morgan fingerprint density at radius 3 is 2.75 bits per heavy atom. The molecule has 1 atom stereocenters. The molecule has 0 saturated carbocycles. The predicted octanol–water partition coefficient (Wildman–Crippen LogP) is 2.79. The first kappa shape index (κ1) is 15.2.